The Kier molecular flexibility index (Phi) is 4.82. The molecule has 1 atom stereocenters. The summed E-state index contributed by atoms with van der Waals surface area (Å²) in [6.45, 7) is 4.44. The highest BCUT2D eigenvalue weighted by Gasteiger charge is 2.27. The van der Waals surface area contributed by atoms with Gasteiger partial charge in [0.2, 0.25) is 0 Å². The average molecular weight is 226 g/mol. The Morgan fingerprint density at radius 1 is 1.33 bits per heavy atom. The van der Waals surface area contributed by atoms with Crippen LogP contribution in [0, 0.1) is 0 Å². The van der Waals surface area contributed by atoms with Gasteiger partial charge in [0.15, 0.2) is 0 Å². The fraction of sp³-hybridized carbons (Fsp3) is 1.00. The molecule has 1 heterocycles. The summed E-state index contributed by atoms with van der Waals surface area (Å²) in [5, 5.41) is 2.46. The van der Waals surface area contributed by atoms with Crippen LogP contribution >= 0.6 is 0 Å². The van der Waals surface area contributed by atoms with Gasteiger partial charge in [-0.2, -0.15) is 13.2 Å². The number of nitrogens with one attached hydrogen (secondary N) is 1. The topological polar surface area (TPSA) is 24.5 Å². The van der Waals surface area contributed by atoms with E-state index in [1.165, 1.54) is 0 Å². The van der Waals surface area contributed by atoms with E-state index in [0.29, 0.717) is 19.8 Å². The molecular formula is C9H17F3N2O. The molecule has 1 rings (SSSR count). The van der Waals surface area contributed by atoms with Crippen LogP contribution in [0.3, 0.4) is 0 Å². The molecule has 3 nitrogen and oxygen atoms in total. The number of alkyl halides is 3. The lowest BCUT2D eigenvalue weighted by molar-refractivity contribution is -0.126. The molecule has 1 unspecified atom stereocenters. The molecule has 0 aromatic heterocycles. The van der Waals surface area contributed by atoms with Gasteiger partial charge in [-0.3, -0.25) is 4.90 Å². The summed E-state index contributed by atoms with van der Waals surface area (Å²) in [6, 6.07) is -0.148. The first kappa shape index (κ1) is 12.7. The van der Waals surface area contributed by atoms with Crippen molar-refractivity contribution in [3.63, 3.8) is 0 Å². The summed E-state index contributed by atoms with van der Waals surface area (Å²) in [5.74, 6) is 0. The first-order chi connectivity index (χ1) is 6.97. The lowest BCUT2D eigenvalue weighted by Crippen LogP contribution is -2.46. The van der Waals surface area contributed by atoms with Crippen molar-refractivity contribution in [3.8, 4) is 0 Å². The van der Waals surface area contributed by atoms with E-state index in [9.17, 15) is 13.2 Å². The molecule has 1 N–H and O–H groups in total. The Hall–Kier alpha value is -0.330. The zero-order chi connectivity index (χ0) is 11.3. The van der Waals surface area contributed by atoms with Gasteiger partial charge >= 0.3 is 6.18 Å². The van der Waals surface area contributed by atoms with Crippen molar-refractivity contribution in [2.75, 3.05) is 39.4 Å². The van der Waals surface area contributed by atoms with E-state index >= 15 is 0 Å². The van der Waals surface area contributed by atoms with E-state index < -0.39 is 12.7 Å². The van der Waals surface area contributed by atoms with E-state index in [2.05, 4.69) is 10.2 Å². The van der Waals surface area contributed by atoms with Gasteiger partial charge in [0.05, 0.1) is 19.8 Å². The van der Waals surface area contributed by atoms with Crippen molar-refractivity contribution in [1.29, 1.82) is 0 Å². The van der Waals surface area contributed by atoms with Crippen LogP contribution in [0.1, 0.15) is 6.92 Å². The minimum Gasteiger partial charge on any atom is -0.379 e. The van der Waals surface area contributed by atoms with Crippen molar-refractivity contribution < 1.29 is 17.9 Å². The molecule has 0 bridgehead atoms. The maximum Gasteiger partial charge on any atom is 0.401 e. The van der Waals surface area contributed by atoms with Crippen LogP contribution in [-0.4, -0.2) is 56.5 Å². The normalized spacial score (nSPS) is 21.6. The molecule has 0 aromatic carbocycles. The van der Waals surface area contributed by atoms with Gasteiger partial charge in [-0.05, 0) is 6.92 Å². The van der Waals surface area contributed by atoms with Crippen LogP contribution in [0.25, 0.3) is 0 Å². The summed E-state index contributed by atoms with van der Waals surface area (Å²) in [5.41, 5.74) is 0. The SMILES string of the molecule is CC(CN1CCOCC1)NCC(F)(F)F. The average Bonchev–Trinajstić information content (AvgIpc) is 2.15. The second kappa shape index (κ2) is 5.67. The van der Waals surface area contributed by atoms with Gasteiger partial charge in [-0.1, -0.05) is 0 Å². The zero-order valence-electron chi connectivity index (χ0n) is 8.81. The Morgan fingerprint density at radius 3 is 2.47 bits per heavy atom. The lowest BCUT2D eigenvalue weighted by atomic mass is 10.3. The molecule has 1 aliphatic heterocycles. The standard InChI is InChI=1S/C9H17F3N2O/c1-8(13-7-9(10,11)12)6-14-2-4-15-5-3-14/h8,13H,2-7H2,1H3. The molecule has 6 heteroatoms. The second-order valence-corrected chi connectivity index (χ2v) is 3.81. The number of nitrogens with zero attached hydrogens (tertiary/aromatic N) is 1. The molecule has 0 aliphatic carbocycles. The van der Waals surface area contributed by atoms with Crippen molar-refractivity contribution in [3.05, 3.63) is 0 Å². The lowest BCUT2D eigenvalue weighted by Gasteiger charge is -2.29. The second-order valence-electron chi connectivity index (χ2n) is 3.81. The number of morpholine rings is 1. The molecule has 1 aliphatic rings. The van der Waals surface area contributed by atoms with E-state index in [1.54, 1.807) is 6.92 Å². The maximum absolute atomic E-state index is 11.9. The first-order valence-corrected chi connectivity index (χ1v) is 5.07. The molecule has 0 amide bonds. The largest absolute Gasteiger partial charge is 0.401 e. The monoisotopic (exact) mass is 226 g/mol. The van der Waals surface area contributed by atoms with Crippen LogP contribution < -0.4 is 5.32 Å². The van der Waals surface area contributed by atoms with E-state index in [1.807, 2.05) is 0 Å². The van der Waals surface area contributed by atoms with E-state index in [4.69, 9.17) is 4.74 Å². The molecule has 90 valence electrons. The summed E-state index contributed by atoms with van der Waals surface area (Å²) in [4.78, 5) is 2.11. The fourth-order valence-corrected chi connectivity index (χ4v) is 1.53. The number of hydrogen-bond acceptors (Lipinski definition) is 3. The molecule has 0 aromatic rings. The summed E-state index contributed by atoms with van der Waals surface area (Å²) < 4.78 is 40.8. The third-order valence-corrected chi connectivity index (χ3v) is 2.29. The number of hydrogen-bond donors (Lipinski definition) is 1. The van der Waals surface area contributed by atoms with Gasteiger partial charge < -0.3 is 10.1 Å². The van der Waals surface area contributed by atoms with Crippen LogP contribution in [0.15, 0.2) is 0 Å². The Balaban J connectivity index is 2.14. The molecule has 0 saturated carbocycles. The van der Waals surface area contributed by atoms with Crippen LogP contribution in [0.2, 0.25) is 0 Å². The first-order valence-electron chi connectivity index (χ1n) is 5.07. The van der Waals surface area contributed by atoms with Gasteiger partial charge in [0, 0.05) is 25.7 Å². The highest BCUT2D eigenvalue weighted by atomic mass is 19.4. The Bertz CT molecular complexity index is 181. The van der Waals surface area contributed by atoms with Crippen LogP contribution in [0.4, 0.5) is 13.2 Å². The van der Waals surface area contributed by atoms with Gasteiger partial charge in [-0.25, -0.2) is 0 Å². The van der Waals surface area contributed by atoms with E-state index in [0.717, 1.165) is 13.1 Å². The van der Waals surface area contributed by atoms with Crippen molar-refractivity contribution in [2.45, 2.75) is 19.1 Å². The van der Waals surface area contributed by atoms with Crippen molar-refractivity contribution >= 4 is 0 Å². The predicted octanol–water partition coefficient (Wildman–Crippen LogP) is 0.859. The Labute approximate surface area is 87.6 Å². The molecule has 0 radical (unpaired) electrons. The predicted molar refractivity (Wildman–Crippen MR) is 50.8 cm³/mol. The highest BCUT2D eigenvalue weighted by molar-refractivity contribution is 4.71. The summed E-state index contributed by atoms with van der Waals surface area (Å²) in [6.07, 6.45) is -4.13. The summed E-state index contributed by atoms with van der Waals surface area (Å²) in [7, 11) is 0. The van der Waals surface area contributed by atoms with Crippen LogP contribution in [0.5, 0.6) is 0 Å². The molecule has 15 heavy (non-hydrogen) atoms. The maximum atomic E-state index is 11.9. The highest BCUT2D eigenvalue weighted by Crippen LogP contribution is 2.12. The number of halogens is 3. The number of rotatable bonds is 4. The Morgan fingerprint density at radius 2 is 1.93 bits per heavy atom. The minimum absolute atomic E-state index is 0.148. The fourth-order valence-electron chi connectivity index (χ4n) is 1.53. The molecule has 0 spiro atoms. The van der Waals surface area contributed by atoms with Gasteiger partial charge in [0.1, 0.15) is 0 Å². The molecule has 1 fully saturated rings. The molecular weight excluding hydrogens is 209 g/mol. The van der Waals surface area contributed by atoms with Gasteiger partial charge in [-0.15, -0.1) is 0 Å². The third kappa shape index (κ3) is 5.96. The van der Waals surface area contributed by atoms with Crippen molar-refractivity contribution in [1.82, 2.24) is 10.2 Å². The minimum atomic E-state index is -4.13. The quantitative estimate of drug-likeness (QED) is 0.769. The third-order valence-electron chi connectivity index (χ3n) is 2.29. The summed E-state index contributed by atoms with van der Waals surface area (Å²) >= 11 is 0. The smallest absolute Gasteiger partial charge is 0.379 e. The molecule has 1 saturated heterocycles. The van der Waals surface area contributed by atoms with Crippen molar-refractivity contribution in [2.24, 2.45) is 0 Å². The van der Waals surface area contributed by atoms with Crippen LogP contribution in [-0.2, 0) is 4.74 Å². The number of ether oxygens (including phenoxy) is 1. The zero-order valence-corrected chi connectivity index (χ0v) is 8.81. The van der Waals surface area contributed by atoms with Gasteiger partial charge in [0.25, 0.3) is 0 Å². The van der Waals surface area contributed by atoms with E-state index in [-0.39, 0.29) is 6.04 Å².